The number of rotatable bonds is 7. The van der Waals surface area contributed by atoms with Crippen LogP contribution in [0, 0.1) is 0 Å². The highest BCUT2D eigenvalue weighted by Crippen LogP contribution is 2.22. The van der Waals surface area contributed by atoms with Gasteiger partial charge in [-0.1, -0.05) is 41.0 Å². The predicted molar refractivity (Wildman–Crippen MR) is 99.3 cm³/mol. The Bertz CT molecular complexity index is 895. The second kappa shape index (κ2) is 8.49. The highest BCUT2D eigenvalue weighted by Gasteiger charge is 2.11. The Hall–Kier alpha value is -2.86. The fraction of sp³-hybridized carbons (Fsp3) is 0.211. The molecule has 134 valence electrons. The number of carbonyl (C=O) groups is 1. The summed E-state index contributed by atoms with van der Waals surface area (Å²) in [5, 5.41) is 7.28. The number of carbonyl (C=O) groups excluding carboxylic acids is 1. The second-order valence-electron chi connectivity index (χ2n) is 5.63. The Morgan fingerprint density at radius 1 is 1.23 bits per heavy atom. The number of benzene rings is 2. The van der Waals surface area contributed by atoms with Crippen LogP contribution in [-0.4, -0.2) is 23.2 Å². The van der Waals surface area contributed by atoms with Gasteiger partial charge < -0.3 is 14.6 Å². The standard InChI is InChI=1S/C19H18ClN3O3/c1-25-14-7-4-6-13(12-14)19-22-18(26-23-19)11-5-10-17(24)21-16-9-3-2-8-15(16)20/h2-4,6-9,12H,5,10-11H2,1H3,(H,21,24). The summed E-state index contributed by atoms with van der Waals surface area (Å²) in [6.45, 7) is 0. The van der Waals surface area contributed by atoms with E-state index in [1.807, 2.05) is 36.4 Å². The highest BCUT2D eigenvalue weighted by molar-refractivity contribution is 6.33. The maximum absolute atomic E-state index is 12.0. The van der Waals surface area contributed by atoms with E-state index in [4.69, 9.17) is 20.9 Å². The third kappa shape index (κ3) is 4.61. The van der Waals surface area contributed by atoms with Gasteiger partial charge in [0.2, 0.25) is 17.6 Å². The molecule has 0 radical (unpaired) electrons. The van der Waals surface area contributed by atoms with Crippen molar-refractivity contribution in [2.24, 2.45) is 0 Å². The number of aromatic nitrogens is 2. The molecule has 6 nitrogen and oxygen atoms in total. The van der Waals surface area contributed by atoms with Crippen molar-refractivity contribution < 1.29 is 14.1 Å². The Labute approximate surface area is 156 Å². The predicted octanol–water partition coefficient (Wildman–Crippen LogP) is 4.36. The molecule has 1 aromatic heterocycles. The highest BCUT2D eigenvalue weighted by atomic mass is 35.5. The number of anilines is 1. The fourth-order valence-electron chi connectivity index (χ4n) is 2.41. The first-order chi connectivity index (χ1) is 12.7. The average Bonchev–Trinajstić information content (AvgIpc) is 3.13. The molecule has 1 heterocycles. The summed E-state index contributed by atoms with van der Waals surface area (Å²) in [7, 11) is 1.61. The monoisotopic (exact) mass is 371 g/mol. The van der Waals surface area contributed by atoms with Crippen molar-refractivity contribution in [3.05, 3.63) is 59.4 Å². The molecule has 2 aromatic carbocycles. The molecule has 0 aliphatic heterocycles. The first-order valence-corrected chi connectivity index (χ1v) is 8.55. The fourth-order valence-corrected chi connectivity index (χ4v) is 2.59. The lowest BCUT2D eigenvalue weighted by Gasteiger charge is -2.06. The number of nitrogens with zero attached hydrogens (tertiary/aromatic N) is 2. The van der Waals surface area contributed by atoms with Gasteiger partial charge in [-0.25, -0.2) is 0 Å². The molecular formula is C19H18ClN3O3. The number of nitrogens with one attached hydrogen (secondary N) is 1. The topological polar surface area (TPSA) is 77.2 Å². The molecule has 0 unspecified atom stereocenters. The largest absolute Gasteiger partial charge is 0.497 e. The number of ether oxygens (including phenoxy) is 1. The van der Waals surface area contributed by atoms with Crippen molar-refractivity contribution >= 4 is 23.2 Å². The van der Waals surface area contributed by atoms with Gasteiger partial charge in [-0.15, -0.1) is 0 Å². The van der Waals surface area contributed by atoms with Gasteiger partial charge in [0, 0.05) is 18.4 Å². The van der Waals surface area contributed by atoms with E-state index in [1.165, 1.54) is 0 Å². The summed E-state index contributed by atoms with van der Waals surface area (Å²) in [5.41, 5.74) is 1.42. The molecule has 0 bridgehead atoms. The zero-order valence-electron chi connectivity index (χ0n) is 14.2. The number of amides is 1. The summed E-state index contributed by atoms with van der Waals surface area (Å²) in [6, 6.07) is 14.6. The molecule has 7 heteroatoms. The minimum atomic E-state index is -0.106. The minimum Gasteiger partial charge on any atom is -0.497 e. The van der Waals surface area contributed by atoms with Crippen molar-refractivity contribution in [1.82, 2.24) is 10.1 Å². The maximum atomic E-state index is 12.0. The van der Waals surface area contributed by atoms with E-state index in [9.17, 15) is 4.79 Å². The molecule has 0 saturated carbocycles. The van der Waals surface area contributed by atoms with E-state index >= 15 is 0 Å². The van der Waals surface area contributed by atoms with Gasteiger partial charge in [0.05, 0.1) is 17.8 Å². The average molecular weight is 372 g/mol. The van der Waals surface area contributed by atoms with Crippen LogP contribution in [0.4, 0.5) is 5.69 Å². The molecule has 0 fully saturated rings. The Balaban J connectivity index is 1.52. The lowest BCUT2D eigenvalue weighted by Crippen LogP contribution is -2.11. The van der Waals surface area contributed by atoms with Crippen LogP contribution in [0.2, 0.25) is 5.02 Å². The van der Waals surface area contributed by atoms with Crippen molar-refractivity contribution in [3.8, 4) is 17.1 Å². The summed E-state index contributed by atoms with van der Waals surface area (Å²) in [5.74, 6) is 1.61. The van der Waals surface area contributed by atoms with Gasteiger partial charge >= 0.3 is 0 Å². The first-order valence-electron chi connectivity index (χ1n) is 8.17. The molecule has 0 aliphatic carbocycles. The third-order valence-electron chi connectivity index (χ3n) is 3.74. The van der Waals surface area contributed by atoms with Crippen molar-refractivity contribution in [2.75, 3.05) is 12.4 Å². The van der Waals surface area contributed by atoms with Crippen LogP contribution in [0.1, 0.15) is 18.7 Å². The quantitative estimate of drug-likeness (QED) is 0.667. The smallest absolute Gasteiger partial charge is 0.226 e. The molecule has 0 aliphatic rings. The van der Waals surface area contributed by atoms with Gasteiger partial charge in [-0.3, -0.25) is 4.79 Å². The van der Waals surface area contributed by atoms with Gasteiger partial charge in [-0.2, -0.15) is 4.98 Å². The minimum absolute atomic E-state index is 0.106. The van der Waals surface area contributed by atoms with Crippen LogP contribution >= 0.6 is 11.6 Å². The van der Waals surface area contributed by atoms with Gasteiger partial charge in [0.1, 0.15) is 5.75 Å². The van der Waals surface area contributed by atoms with Crippen LogP contribution in [0.5, 0.6) is 5.75 Å². The zero-order valence-corrected chi connectivity index (χ0v) is 15.0. The van der Waals surface area contributed by atoms with E-state index in [0.29, 0.717) is 41.7 Å². The Morgan fingerprint density at radius 3 is 2.88 bits per heavy atom. The van der Waals surface area contributed by atoms with E-state index < -0.39 is 0 Å². The number of hydrogen-bond donors (Lipinski definition) is 1. The molecular weight excluding hydrogens is 354 g/mol. The summed E-state index contributed by atoms with van der Waals surface area (Å²) >= 11 is 6.02. The number of hydrogen-bond acceptors (Lipinski definition) is 5. The normalized spacial score (nSPS) is 10.5. The molecule has 0 saturated heterocycles. The lowest BCUT2D eigenvalue weighted by molar-refractivity contribution is -0.116. The first kappa shape index (κ1) is 17.9. The SMILES string of the molecule is COc1cccc(-c2noc(CCCC(=O)Nc3ccccc3Cl)n2)c1. The van der Waals surface area contributed by atoms with E-state index in [0.717, 1.165) is 11.3 Å². The van der Waals surface area contributed by atoms with Crippen LogP contribution in [0.25, 0.3) is 11.4 Å². The number of halogens is 1. The molecule has 0 spiro atoms. The van der Waals surface area contributed by atoms with Gasteiger partial charge in [-0.05, 0) is 30.7 Å². The van der Waals surface area contributed by atoms with E-state index in [1.54, 1.807) is 19.2 Å². The second-order valence-corrected chi connectivity index (χ2v) is 6.03. The molecule has 3 aromatic rings. The molecule has 0 atom stereocenters. The number of para-hydroxylation sites is 1. The maximum Gasteiger partial charge on any atom is 0.226 e. The summed E-state index contributed by atoms with van der Waals surface area (Å²) in [4.78, 5) is 16.4. The molecule has 26 heavy (non-hydrogen) atoms. The zero-order chi connectivity index (χ0) is 18.4. The van der Waals surface area contributed by atoms with Gasteiger partial charge in [0.25, 0.3) is 0 Å². The van der Waals surface area contributed by atoms with E-state index in [2.05, 4.69) is 15.5 Å². The Morgan fingerprint density at radius 2 is 2.08 bits per heavy atom. The number of aryl methyl sites for hydroxylation is 1. The van der Waals surface area contributed by atoms with Gasteiger partial charge in [0.15, 0.2) is 0 Å². The van der Waals surface area contributed by atoms with Crippen LogP contribution < -0.4 is 10.1 Å². The number of methoxy groups -OCH3 is 1. The molecule has 3 rings (SSSR count). The van der Waals surface area contributed by atoms with Crippen molar-refractivity contribution in [2.45, 2.75) is 19.3 Å². The van der Waals surface area contributed by atoms with Crippen LogP contribution in [-0.2, 0) is 11.2 Å². The van der Waals surface area contributed by atoms with Crippen LogP contribution in [0.3, 0.4) is 0 Å². The Kier molecular flexibility index (Phi) is 5.86. The van der Waals surface area contributed by atoms with Crippen LogP contribution in [0.15, 0.2) is 53.1 Å². The van der Waals surface area contributed by atoms with Crippen molar-refractivity contribution in [1.29, 1.82) is 0 Å². The molecule has 1 amide bonds. The lowest BCUT2D eigenvalue weighted by atomic mass is 10.2. The molecule has 1 N–H and O–H groups in total. The third-order valence-corrected chi connectivity index (χ3v) is 4.07. The summed E-state index contributed by atoms with van der Waals surface area (Å²) in [6.07, 6.45) is 1.45. The summed E-state index contributed by atoms with van der Waals surface area (Å²) < 4.78 is 10.4. The van der Waals surface area contributed by atoms with Crippen molar-refractivity contribution in [3.63, 3.8) is 0 Å². The van der Waals surface area contributed by atoms with E-state index in [-0.39, 0.29) is 5.91 Å².